The maximum atomic E-state index is 12.9. The Kier molecular flexibility index (Phi) is 2.68. The van der Waals surface area contributed by atoms with Crippen LogP contribution in [0.1, 0.15) is 0 Å². The third-order valence-electron chi connectivity index (χ3n) is 1.89. The summed E-state index contributed by atoms with van der Waals surface area (Å²) in [5, 5.41) is 0. The van der Waals surface area contributed by atoms with Gasteiger partial charge in [-0.3, -0.25) is 0 Å². The van der Waals surface area contributed by atoms with E-state index in [1.807, 2.05) is 0 Å². The number of hydrogen-bond donors (Lipinski definition) is 1. The molecule has 0 saturated carbocycles. The fourth-order valence-electron chi connectivity index (χ4n) is 1.13. The number of ether oxygens (including phenoxy) is 1. The Balaban J connectivity index is 2.20. The van der Waals surface area contributed by atoms with E-state index in [0.29, 0.717) is 11.6 Å². The zero-order valence-electron chi connectivity index (χ0n) is 8.15. The normalized spacial score (nSPS) is 10.1. The molecule has 0 unspecified atom stereocenters. The highest BCUT2D eigenvalue weighted by Crippen LogP contribution is 2.22. The molecule has 2 rings (SSSR count). The number of hydrogen-bond acceptors (Lipinski definition) is 3. The number of nitrogens with zero attached hydrogens (tertiary/aromatic N) is 1. The van der Waals surface area contributed by atoms with Crippen LogP contribution >= 0.6 is 0 Å². The van der Waals surface area contributed by atoms with E-state index in [9.17, 15) is 8.78 Å². The van der Waals surface area contributed by atoms with Crippen LogP contribution in [0.5, 0.6) is 11.5 Å². The molecule has 1 heterocycles. The molecule has 1 aromatic carbocycles. The summed E-state index contributed by atoms with van der Waals surface area (Å²) in [7, 11) is 0. The fraction of sp³-hybridized carbons (Fsp3) is 0. The van der Waals surface area contributed by atoms with E-state index < -0.39 is 11.6 Å². The minimum Gasteiger partial charge on any atom is -0.456 e. The molecule has 0 spiro atoms. The first-order valence-corrected chi connectivity index (χ1v) is 4.49. The molecule has 2 N–H and O–H groups in total. The van der Waals surface area contributed by atoms with Crippen molar-refractivity contribution in [3.63, 3.8) is 0 Å². The summed E-state index contributed by atoms with van der Waals surface area (Å²) in [4.78, 5) is 3.80. The summed E-state index contributed by atoms with van der Waals surface area (Å²) >= 11 is 0. The summed E-state index contributed by atoms with van der Waals surface area (Å²) in [5.41, 5.74) is 5.39. The summed E-state index contributed by atoms with van der Waals surface area (Å²) < 4.78 is 30.7. The van der Waals surface area contributed by atoms with Crippen LogP contribution in [0.15, 0.2) is 36.5 Å². The van der Waals surface area contributed by atoms with Crippen LogP contribution in [-0.4, -0.2) is 4.98 Å². The van der Waals surface area contributed by atoms with Crippen molar-refractivity contribution in [2.75, 3.05) is 5.73 Å². The summed E-state index contributed by atoms with van der Waals surface area (Å²) in [6.07, 6.45) is 1.40. The van der Waals surface area contributed by atoms with Gasteiger partial charge in [0, 0.05) is 6.07 Å². The van der Waals surface area contributed by atoms with E-state index >= 15 is 0 Å². The van der Waals surface area contributed by atoms with Crippen molar-refractivity contribution in [3.8, 4) is 11.5 Å². The fourth-order valence-corrected chi connectivity index (χ4v) is 1.13. The van der Waals surface area contributed by atoms with E-state index in [0.717, 1.165) is 12.1 Å². The van der Waals surface area contributed by atoms with Gasteiger partial charge in [0.05, 0.1) is 6.20 Å². The van der Waals surface area contributed by atoms with E-state index in [2.05, 4.69) is 4.98 Å². The maximum absolute atomic E-state index is 12.9. The lowest BCUT2D eigenvalue weighted by Crippen LogP contribution is -1.91. The van der Waals surface area contributed by atoms with Gasteiger partial charge in [-0.25, -0.2) is 13.8 Å². The lowest BCUT2D eigenvalue weighted by atomic mass is 10.3. The van der Waals surface area contributed by atoms with Gasteiger partial charge in [0.25, 0.3) is 0 Å². The average Bonchev–Trinajstić information content (AvgIpc) is 2.27. The van der Waals surface area contributed by atoms with E-state index in [4.69, 9.17) is 10.5 Å². The molecular weight excluding hydrogens is 214 g/mol. The first-order valence-electron chi connectivity index (χ1n) is 4.49. The molecule has 1 aromatic heterocycles. The summed E-state index contributed by atoms with van der Waals surface area (Å²) in [6.45, 7) is 0. The van der Waals surface area contributed by atoms with Crippen LogP contribution in [-0.2, 0) is 0 Å². The largest absolute Gasteiger partial charge is 0.456 e. The summed E-state index contributed by atoms with van der Waals surface area (Å²) in [6, 6.07) is 6.43. The van der Waals surface area contributed by atoms with Gasteiger partial charge in [-0.1, -0.05) is 0 Å². The molecule has 0 atom stereocenters. The first-order chi connectivity index (χ1) is 7.65. The van der Waals surface area contributed by atoms with Gasteiger partial charge in [0.15, 0.2) is 11.6 Å². The highest BCUT2D eigenvalue weighted by molar-refractivity contribution is 5.35. The molecule has 0 aliphatic heterocycles. The number of aromatic nitrogens is 1. The molecule has 0 bridgehead atoms. The van der Waals surface area contributed by atoms with Crippen molar-refractivity contribution in [2.45, 2.75) is 0 Å². The van der Waals surface area contributed by atoms with Crippen molar-refractivity contribution in [1.82, 2.24) is 4.98 Å². The van der Waals surface area contributed by atoms with Crippen LogP contribution in [0.25, 0.3) is 0 Å². The summed E-state index contributed by atoms with van der Waals surface area (Å²) in [5.74, 6) is -0.910. The molecule has 0 aliphatic rings. The van der Waals surface area contributed by atoms with E-state index in [-0.39, 0.29) is 5.75 Å². The number of halogens is 2. The average molecular weight is 222 g/mol. The number of nitrogen functional groups attached to an aromatic ring is 1. The van der Waals surface area contributed by atoms with Gasteiger partial charge in [0.1, 0.15) is 17.3 Å². The maximum Gasteiger partial charge on any atom is 0.162 e. The van der Waals surface area contributed by atoms with Gasteiger partial charge >= 0.3 is 0 Å². The zero-order chi connectivity index (χ0) is 11.5. The van der Waals surface area contributed by atoms with Crippen molar-refractivity contribution in [1.29, 1.82) is 0 Å². The first kappa shape index (κ1) is 10.4. The second kappa shape index (κ2) is 4.14. The predicted octanol–water partition coefficient (Wildman–Crippen LogP) is 2.73. The van der Waals surface area contributed by atoms with Crippen molar-refractivity contribution in [3.05, 3.63) is 48.2 Å². The second-order valence-corrected chi connectivity index (χ2v) is 3.10. The molecule has 3 nitrogen and oxygen atoms in total. The minimum atomic E-state index is -0.957. The van der Waals surface area contributed by atoms with Crippen molar-refractivity contribution in [2.24, 2.45) is 0 Å². The molecule has 82 valence electrons. The smallest absolute Gasteiger partial charge is 0.162 e. The molecular formula is C11H8F2N2O. The Morgan fingerprint density at radius 2 is 1.75 bits per heavy atom. The monoisotopic (exact) mass is 222 g/mol. The van der Waals surface area contributed by atoms with Gasteiger partial charge in [-0.05, 0) is 24.3 Å². The third kappa shape index (κ3) is 2.25. The van der Waals surface area contributed by atoms with Gasteiger partial charge in [-0.2, -0.15) is 0 Å². The standard InChI is InChI=1S/C11H8F2N2O/c12-9-3-1-7(5-10(9)13)16-8-2-4-11(14)15-6-8/h1-6H,(H2,14,15). The molecule has 5 heteroatoms. The molecule has 0 saturated heterocycles. The van der Waals surface area contributed by atoms with E-state index in [1.165, 1.54) is 12.3 Å². The molecule has 0 radical (unpaired) electrons. The molecule has 0 aliphatic carbocycles. The zero-order valence-corrected chi connectivity index (χ0v) is 8.15. The molecule has 0 amide bonds. The van der Waals surface area contributed by atoms with Crippen LogP contribution in [0.3, 0.4) is 0 Å². The molecule has 0 fully saturated rings. The number of benzene rings is 1. The highest BCUT2D eigenvalue weighted by Gasteiger charge is 2.04. The number of nitrogens with two attached hydrogens (primary N) is 1. The minimum absolute atomic E-state index is 0.200. The Labute approximate surface area is 90.5 Å². The van der Waals surface area contributed by atoms with Gasteiger partial charge < -0.3 is 10.5 Å². The van der Waals surface area contributed by atoms with Crippen LogP contribution in [0.4, 0.5) is 14.6 Å². The lowest BCUT2D eigenvalue weighted by Gasteiger charge is -2.05. The SMILES string of the molecule is Nc1ccc(Oc2ccc(F)c(F)c2)cn1. The number of anilines is 1. The Hall–Kier alpha value is -2.17. The van der Waals surface area contributed by atoms with Crippen LogP contribution in [0.2, 0.25) is 0 Å². The quantitative estimate of drug-likeness (QED) is 0.849. The van der Waals surface area contributed by atoms with Crippen molar-refractivity contribution < 1.29 is 13.5 Å². The van der Waals surface area contributed by atoms with Crippen LogP contribution < -0.4 is 10.5 Å². The Bertz CT molecular complexity index is 500. The van der Waals surface area contributed by atoms with Gasteiger partial charge in [0.2, 0.25) is 0 Å². The second-order valence-electron chi connectivity index (χ2n) is 3.10. The molecule has 2 aromatic rings. The lowest BCUT2D eigenvalue weighted by molar-refractivity contribution is 0.460. The number of pyridine rings is 1. The highest BCUT2D eigenvalue weighted by atomic mass is 19.2. The van der Waals surface area contributed by atoms with Crippen LogP contribution in [0, 0.1) is 11.6 Å². The third-order valence-corrected chi connectivity index (χ3v) is 1.89. The van der Waals surface area contributed by atoms with E-state index in [1.54, 1.807) is 12.1 Å². The molecule has 16 heavy (non-hydrogen) atoms. The number of rotatable bonds is 2. The predicted molar refractivity (Wildman–Crippen MR) is 55.1 cm³/mol. The Morgan fingerprint density at radius 1 is 1.00 bits per heavy atom. The topological polar surface area (TPSA) is 48.1 Å². The van der Waals surface area contributed by atoms with Crippen molar-refractivity contribution >= 4 is 5.82 Å². The Morgan fingerprint density at radius 3 is 2.38 bits per heavy atom. The van der Waals surface area contributed by atoms with Gasteiger partial charge in [-0.15, -0.1) is 0 Å².